The van der Waals surface area contributed by atoms with E-state index in [4.69, 9.17) is 4.74 Å². The molecule has 1 aliphatic heterocycles. The van der Waals surface area contributed by atoms with E-state index in [1.54, 1.807) is 24.8 Å². The molecule has 3 heterocycles. The van der Waals surface area contributed by atoms with Gasteiger partial charge in [-0.25, -0.2) is 9.97 Å². The molecule has 1 saturated heterocycles. The van der Waals surface area contributed by atoms with Crippen molar-refractivity contribution in [3.63, 3.8) is 0 Å². The summed E-state index contributed by atoms with van der Waals surface area (Å²) in [7, 11) is 1.75. The Morgan fingerprint density at radius 3 is 3.17 bits per heavy atom. The second-order valence-electron chi connectivity index (χ2n) is 4.50. The zero-order valence-corrected chi connectivity index (χ0v) is 11.3. The first-order chi connectivity index (χ1) is 8.79. The van der Waals surface area contributed by atoms with Gasteiger partial charge in [-0.15, -0.1) is 11.3 Å². The van der Waals surface area contributed by atoms with E-state index in [1.165, 1.54) is 5.56 Å². The lowest BCUT2D eigenvalue weighted by molar-refractivity contribution is 0.111. The Morgan fingerprint density at radius 2 is 2.33 bits per heavy atom. The smallest absolute Gasteiger partial charge is 0.147 e. The number of fused-ring (bicyclic) bond motifs is 1. The van der Waals surface area contributed by atoms with Crippen molar-refractivity contribution in [3.8, 4) is 0 Å². The van der Waals surface area contributed by atoms with Crippen molar-refractivity contribution in [3.05, 3.63) is 17.3 Å². The molecule has 0 radical (unpaired) electrons. The maximum Gasteiger partial charge on any atom is 0.147 e. The maximum atomic E-state index is 5.45. The molecule has 3 rings (SSSR count). The van der Waals surface area contributed by atoms with Crippen LogP contribution < -0.4 is 10.6 Å². The van der Waals surface area contributed by atoms with Crippen LogP contribution in [0.25, 0.3) is 10.2 Å². The molecule has 0 aromatic carbocycles. The second kappa shape index (κ2) is 4.79. The highest BCUT2D eigenvalue weighted by atomic mass is 32.1. The summed E-state index contributed by atoms with van der Waals surface area (Å²) in [6.07, 6.45) is 1.81. The summed E-state index contributed by atoms with van der Waals surface area (Å²) in [5.74, 6) is 0.911. The third kappa shape index (κ3) is 1.96. The first-order valence-corrected chi connectivity index (χ1v) is 6.86. The number of thiophene rings is 1. The number of ether oxygens (including phenoxy) is 1. The molecule has 2 atom stereocenters. The molecule has 1 fully saturated rings. The molecule has 0 bridgehead atoms. The highest BCUT2D eigenvalue weighted by Crippen LogP contribution is 2.29. The van der Waals surface area contributed by atoms with Crippen LogP contribution in [-0.2, 0) is 4.74 Å². The van der Waals surface area contributed by atoms with Crippen LogP contribution in [0.1, 0.15) is 5.56 Å². The summed E-state index contributed by atoms with van der Waals surface area (Å²) in [6.45, 7) is 3.85. The van der Waals surface area contributed by atoms with Crippen LogP contribution in [0.2, 0.25) is 0 Å². The molecule has 2 aromatic rings. The van der Waals surface area contributed by atoms with Crippen molar-refractivity contribution in [2.24, 2.45) is 0 Å². The molecule has 0 amide bonds. The fourth-order valence-electron chi connectivity index (χ4n) is 2.29. The standard InChI is InChI=1S/C12H16N4OS/c1-7-5-18-11-10(7)14-6-15-12(11)16-8-3-13-4-9(8)17-2/h5-6,8-9,13H,3-4H2,1-2H3,(H,14,15,16)/t8?,9-/m0/s1. The molecular weight excluding hydrogens is 248 g/mol. The summed E-state index contributed by atoms with van der Waals surface area (Å²) in [4.78, 5) is 8.68. The van der Waals surface area contributed by atoms with E-state index in [-0.39, 0.29) is 12.1 Å². The third-order valence-electron chi connectivity index (χ3n) is 3.31. The number of hydrogen-bond donors (Lipinski definition) is 2. The van der Waals surface area contributed by atoms with Gasteiger partial charge in [0.1, 0.15) is 12.1 Å². The number of hydrogen-bond acceptors (Lipinski definition) is 6. The Morgan fingerprint density at radius 1 is 1.44 bits per heavy atom. The number of rotatable bonds is 3. The lowest BCUT2D eigenvalue weighted by atomic mass is 10.2. The molecule has 1 unspecified atom stereocenters. The molecule has 2 N–H and O–H groups in total. The van der Waals surface area contributed by atoms with Crippen molar-refractivity contribution < 1.29 is 4.74 Å². The van der Waals surface area contributed by atoms with Crippen LogP contribution in [0, 0.1) is 6.92 Å². The Bertz CT molecular complexity index is 556. The van der Waals surface area contributed by atoms with Crippen molar-refractivity contribution in [2.45, 2.75) is 19.1 Å². The Kier molecular flexibility index (Phi) is 3.15. The number of nitrogens with one attached hydrogen (secondary N) is 2. The quantitative estimate of drug-likeness (QED) is 0.877. The van der Waals surface area contributed by atoms with Gasteiger partial charge < -0.3 is 15.4 Å². The van der Waals surface area contributed by atoms with Gasteiger partial charge in [-0.1, -0.05) is 0 Å². The predicted molar refractivity (Wildman–Crippen MR) is 73.2 cm³/mol. The lowest BCUT2D eigenvalue weighted by Gasteiger charge is -2.19. The molecule has 5 nitrogen and oxygen atoms in total. The van der Waals surface area contributed by atoms with E-state index in [1.807, 2.05) is 0 Å². The van der Waals surface area contributed by atoms with Crippen molar-refractivity contribution in [1.29, 1.82) is 0 Å². The summed E-state index contributed by atoms with van der Waals surface area (Å²) in [6, 6.07) is 0.260. The summed E-state index contributed by atoms with van der Waals surface area (Å²) >= 11 is 1.68. The SMILES string of the molecule is CO[C@H]1CNCC1Nc1ncnc2c(C)csc12. The van der Waals surface area contributed by atoms with E-state index in [2.05, 4.69) is 32.9 Å². The first-order valence-electron chi connectivity index (χ1n) is 5.98. The van der Waals surface area contributed by atoms with Crippen LogP contribution in [0.4, 0.5) is 5.82 Å². The van der Waals surface area contributed by atoms with E-state index in [0.29, 0.717) is 0 Å². The van der Waals surface area contributed by atoms with E-state index in [9.17, 15) is 0 Å². The van der Waals surface area contributed by atoms with Gasteiger partial charge in [-0.2, -0.15) is 0 Å². The van der Waals surface area contributed by atoms with Gasteiger partial charge in [0.25, 0.3) is 0 Å². The summed E-state index contributed by atoms with van der Waals surface area (Å²) in [5.41, 5.74) is 2.24. The van der Waals surface area contributed by atoms with Gasteiger partial charge in [0, 0.05) is 20.2 Å². The van der Waals surface area contributed by atoms with Crippen LogP contribution in [0.5, 0.6) is 0 Å². The van der Waals surface area contributed by atoms with Gasteiger partial charge in [-0.05, 0) is 17.9 Å². The fourth-order valence-corrected chi connectivity index (χ4v) is 3.25. The van der Waals surface area contributed by atoms with Crippen molar-refractivity contribution >= 4 is 27.4 Å². The Labute approximate surface area is 110 Å². The number of nitrogens with zero attached hydrogens (tertiary/aromatic N) is 2. The van der Waals surface area contributed by atoms with E-state index in [0.717, 1.165) is 29.1 Å². The Balaban J connectivity index is 1.90. The van der Waals surface area contributed by atoms with Gasteiger partial charge >= 0.3 is 0 Å². The Hall–Kier alpha value is -1.24. The lowest BCUT2D eigenvalue weighted by Crippen LogP contribution is -2.33. The van der Waals surface area contributed by atoms with Gasteiger partial charge in [0.15, 0.2) is 0 Å². The minimum absolute atomic E-state index is 0.191. The molecule has 0 saturated carbocycles. The van der Waals surface area contributed by atoms with E-state index >= 15 is 0 Å². The maximum absolute atomic E-state index is 5.45. The molecule has 0 spiro atoms. The third-order valence-corrected chi connectivity index (χ3v) is 4.41. The number of aryl methyl sites for hydroxylation is 1. The average molecular weight is 264 g/mol. The predicted octanol–water partition coefficient (Wildman–Crippen LogP) is 1.40. The fraction of sp³-hybridized carbons (Fsp3) is 0.500. The van der Waals surface area contributed by atoms with Gasteiger partial charge in [0.05, 0.1) is 22.4 Å². The number of aromatic nitrogens is 2. The van der Waals surface area contributed by atoms with Crippen molar-refractivity contribution in [1.82, 2.24) is 15.3 Å². The average Bonchev–Trinajstić information content (AvgIpc) is 2.98. The van der Waals surface area contributed by atoms with Gasteiger partial charge in [0.2, 0.25) is 0 Å². The van der Waals surface area contributed by atoms with E-state index < -0.39 is 0 Å². The zero-order chi connectivity index (χ0) is 12.5. The summed E-state index contributed by atoms with van der Waals surface area (Å²) in [5, 5.41) is 8.91. The highest BCUT2D eigenvalue weighted by molar-refractivity contribution is 7.18. The summed E-state index contributed by atoms with van der Waals surface area (Å²) < 4.78 is 6.57. The molecule has 96 valence electrons. The highest BCUT2D eigenvalue weighted by Gasteiger charge is 2.27. The van der Waals surface area contributed by atoms with Crippen LogP contribution in [0.3, 0.4) is 0 Å². The molecule has 2 aromatic heterocycles. The first kappa shape index (κ1) is 11.8. The van der Waals surface area contributed by atoms with Crippen LogP contribution in [-0.4, -0.2) is 42.3 Å². The second-order valence-corrected chi connectivity index (χ2v) is 5.38. The number of methoxy groups -OCH3 is 1. The topological polar surface area (TPSA) is 59.1 Å². The molecule has 0 aliphatic carbocycles. The minimum atomic E-state index is 0.191. The molecule has 1 aliphatic rings. The molecule has 6 heteroatoms. The van der Waals surface area contributed by atoms with Gasteiger partial charge in [-0.3, -0.25) is 0 Å². The molecular formula is C12H16N4OS. The van der Waals surface area contributed by atoms with Crippen molar-refractivity contribution in [2.75, 3.05) is 25.5 Å². The molecule has 18 heavy (non-hydrogen) atoms. The number of anilines is 1. The van der Waals surface area contributed by atoms with Crippen LogP contribution in [0.15, 0.2) is 11.7 Å². The minimum Gasteiger partial charge on any atom is -0.378 e. The largest absolute Gasteiger partial charge is 0.378 e. The zero-order valence-electron chi connectivity index (χ0n) is 10.4. The van der Waals surface area contributed by atoms with Crippen LogP contribution >= 0.6 is 11.3 Å². The normalized spacial score (nSPS) is 23.7. The monoisotopic (exact) mass is 264 g/mol.